The van der Waals surface area contributed by atoms with Crippen LogP contribution in [0.5, 0.6) is 0 Å². The van der Waals surface area contributed by atoms with Gasteiger partial charge >= 0.3 is 0 Å². The number of H-pyrrole nitrogens is 1. The molecule has 0 aliphatic rings. The first-order valence-corrected chi connectivity index (χ1v) is 3.60. The number of nitrogen functional groups attached to an aromatic ring is 1. The first kappa shape index (κ1) is 6.28. The highest BCUT2D eigenvalue weighted by Gasteiger charge is 1.97. The third kappa shape index (κ3) is 0.871. The fraction of sp³-hybridized carbons (Fsp3) is 0.111. The molecule has 2 heteroatoms. The fourth-order valence-corrected chi connectivity index (χ4v) is 1.26. The van der Waals surface area contributed by atoms with Crippen LogP contribution in [0.15, 0.2) is 24.4 Å². The van der Waals surface area contributed by atoms with Crippen molar-refractivity contribution in [2.45, 2.75) is 6.92 Å². The second-order valence-corrected chi connectivity index (χ2v) is 2.79. The Morgan fingerprint density at radius 3 is 3.00 bits per heavy atom. The standard InChI is InChI=1S/C9H10N2/c1-6-2-3-7-5-11-9(10)8(7)4-6/h2-5,11H,10H2,1H3. The average Bonchev–Trinajstić information content (AvgIpc) is 2.33. The molecule has 0 aliphatic carbocycles. The third-order valence-corrected chi connectivity index (χ3v) is 1.88. The smallest absolute Gasteiger partial charge is 0.108 e. The van der Waals surface area contributed by atoms with E-state index in [0.29, 0.717) is 0 Å². The largest absolute Gasteiger partial charge is 0.385 e. The average molecular weight is 146 g/mol. The van der Waals surface area contributed by atoms with Crippen LogP contribution in [0.3, 0.4) is 0 Å². The van der Waals surface area contributed by atoms with Crippen LogP contribution in [0.2, 0.25) is 0 Å². The minimum absolute atomic E-state index is 0.753. The van der Waals surface area contributed by atoms with E-state index in [9.17, 15) is 0 Å². The molecule has 0 radical (unpaired) electrons. The summed E-state index contributed by atoms with van der Waals surface area (Å²) >= 11 is 0. The number of aryl methyl sites for hydroxylation is 1. The number of hydrogen-bond donors (Lipinski definition) is 2. The van der Waals surface area contributed by atoms with Crippen LogP contribution >= 0.6 is 0 Å². The summed E-state index contributed by atoms with van der Waals surface area (Å²) in [6.07, 6.45) is 1.92. The molecule has 0 spiro atoms. The Kier molecular flexibility index (Phi) is 1.15. The zero-order valence-corrected chi connectivity index (χ0v) is 6.39. The first-order valence-electron chi connectivity index (χ1n) is 3.60. The molecular formula is C9H10N2. The van der Waals surface area contributed by atoms with Crippen LogP contribution in [0.1, 0.15) is 5.56 Å². The Hall–Kier alpha value is -1.44. The van der Waals surface area contributed by atoms with E-state index in [1.54, 1.807) is 0 Å². The van der Waals surface area contributed by atoms with Crippen LogP contribution < -0.4 is 5.73 Å². The highest BCUT2D eigenvalue weighted by atomic mass is 14.8. The van der Waals surface area contributed by atoms with Crippen LogP contribution in [0.4, 0.5) is 5.82 Å². The predicted octanol–water partition coefficient (Wildman–Crippen LogP) is 2.06. The number of hydrogen-bond acceptors (Lipinski definition) is 1. The number of benzene rings is 1. The maximum absolute atomic E-state index is 5.69. The molecule has 0 atom stereocenters. The molecule has 2 rings (SSSR count). The van der Waals surface area contributed by atoms with Crippen molar-refractivity contribution in [1.29, 1.82) is 0 Å². The van der Waals surface area contributed by atoms with Crippen molar-refractivity contribution in [3.05, 3.63) is 30.0 Å². The van der Waals surface area contributed by atoms with Gasteiger partial charge in [-0.3, -0.25) is 0 Å². The van der Waals surface area contributed by atoms with Gasteiger partial charge in [0.1, 0.15) is 5.82 Å². The molecule has 0 saturated carbocycles. The van der Waals surface area contributed by atoms with Gasteiger partial charge in [0.2, 0.25) is 0 Å². The number of aromatic nitrogens is 1. The lowest BCUT2D eigenvalue weighted by molar-refractivity contribution is 1.43. The van der Waals surface area contributed by atoms with Crippen molar-refractivity contribution in [1.82, 2.24) is 4.98 Å². The Balaban J connectivity index is 2.87. The Morgan fingerprint density at radius 1 is 1.36 bits per heavy atom. The van der Waals surface area contributed by atoms with Gasteiger partial charge in [-0.1, -0.05) is 17.7 Å². The van der Waals surface area contributed by atoms with Crippen LogP contribution in [0, 0.1) is 6.92 Å². The third-order valence-electron chi connectivity index (χ3n) is 1.88. The molecule has 0 fully saturated rings. The van der Waals surface area contributed by atoms with Crippen LogP contribution in [0.25, 0.3) is 10.8 Å². The minimum atomic E-state index is 0.753. The van der Waals surface area contributed by atoms with E-state index < -0.39 is 0 Å². The SMILES string of the molecule is Cc1ccc2c[nH]c(N)c2c1. The molecule has 0 saturated heterocycles. The molecule has 2 aromatic rings. The van der Waals surface area contributed by atoms with Crippen molar-refractivity contribution >= 4 is 16.6 Å². The van der Waals surface area contributed by atoms with E-state index in [0.717, 1.165) is 11.2 Å². The number of anilines is 1. The van der Waals surface area contributed by atoms with Gasteiger partial charge in [-0.15, -0.1) is 0 Å². The van der Waals surface area contributed by atoms with Crippen molar-refractivity contribution in [3.63, 3.8) is 0 Å². The minimum Gasteiger partial charge on any atom is -0.385 e. The summed E-state index contributed by atoms with van der Waals surface area (Å²) in [7, 11) is 0. The molecule has 1 aromatic carbocycles. The van der Waals surface area contributed by atoms with Gasteiger partial charge in [-0.25, -0.2) is 0 Å². The van der Waals surface area contributed by atoms with Crippen molar-refractivity contribution in [2.24, 2.45) is 0 Å². The molecule has 0 aliphatic heterocycles. The maximum Gasteiger partial charge on any atom is 0.108 e. The maximum atomic E-state index is 5.69. The summed E-state index contributed by atoms with van der Waals surface area (Å²) in [5.41, 5.74) is 6.93. The van der Waals surface area contributed by atoms with Gasteiger partial charge in [-0.05, 0) is 13.0 Å². The van der Waals surface area contributed by atoms with Crippen molar-refractivity contribution in [3.8, 4) is 0 Å². The highest BCUT2D eigenvalue weighted by Crippen LogP contribution is 2.20. The molecule has 1 heterocycles. The van der Waals surface area contributed by atoms with E-state index in [1.807, 2.05) is 6.20 Å². The number of nitrogens with two attached hydrogens (primary N) is 1. The van der Waals surface area contributed by atoms with Crippen molar-refractivity contribution < 1.29 is 0 Å². The molecule has 56 valence electrons. The summed E-state index contributed by atoms with van der Waals surface area (Å²) in [6.45, 7) is 2.06. The van der Waals surface area contributed by atoms with Gasteiger partial charge in [0.05, 0.1) is 0 Å². The van der Waals surface area contributed by atoms with E-state index in [1.165, 1.54) is 10.9 Å². The second kappa shape index (κ2) is 2.02. The van der Waals surface area contributed by atoms with E-state index in [4.69, 9.17) is 5.73 Å². The summed E-state index contributed by atoms with van der Waals surface area (Å²) in [6, 6.07) is 6.23. The van der Waals surface area contributed by atoms with E-state index in [2.05, 4.69) is 30.1 Å². The Morgan fingerprint density at radius 2 is 2.18 bits per heavy atom. The molecule has 11 heavy (non-hydrogen) atoms. The summed E-state index contributed by atoms with van der Waals surface area (Å²) in [5, 5.41) is 2.29. The van der Waals surface area contributed by atoms with E-state index in [-0.39, 0.29) is 0 Å². The van der Waals surface area contributed by atoms with Crippen molar-refractivity contribution in [2.75, 3.05) is 5.73 Å². The normalized spacial score (nSPS) is 10.6. The fourth-order valence-electron chi connectivity index (χ4n) is 1.26. The molecule has 2 nitrogen and oxygen atoms in total. The Labute approximate surface area is 65.0 Å². The van der Waals surface area contributed by atoms with Gasteiger partial charge < -0.3 is 10.7 Å². The van der Waals surface area contributed by atoms with Crippen LogP contribution in [-0.4, -0.2) is 4.98 Å². The monoisotopic (exact) mass is 146 g/mol. The zero-order chi connectivity index (χ0) is 7.84. The molecule has 1 aromatic heterocycles. The molecule has 3 N–H and O–H groups in total. The van der Waals surface area contributed by atoms with Crippen LogP contribution in [-0.2, 0) is 0 Å². The summed E-state index contributed by atoms with van der Waals surface area (Å²) in [5.74, 6) is 0.753. The zero-order valence-electron chi connectivity index (χ0n) is 6.39. The quantitative estimate of drug-likeness (QED) is 0.587. The van der Waals surface area contributed by atoms with E-state index >= 15 is 0 Å². The number of rotatable bonds is 0. The molecule has 0 bridgehead atoms. The molecular weight excluding hydrogens is 136 g/mol. The Bertz CT molecular complexity index is 387. The highest BCUT2D eigenvalue weighted by molar-refractivity contribution is 5.92. The lowest BCUT2D eigenvalue weighted by Crippen LogP contribution is -1.83. The van der Waals surface area contributed by atoms with Gasteiger partial charge in [0.15, 0.2) is 0 Å². The first-order chi connectivity index (χ1) is 5.27. The van der Waals surface area contributed by atoms with Gasteiger partial charge in [0, 0.05) is 17.0 Å². The number of nitrogens with one attached hydrogen (secondary N) is 1. The predicted molar refractivity (Wildman–Crippen MR) is 47.4 cm³/mol. The summed E-state index contributed by atoms with van der Waals surface area (Å²) in [4.78, 5) is 2.98. The molecule has 0 unspecified atom stereocenters. The summed E-state index contributed by atoms with van der Waals surface area (Å²) < 4.78 is 0. The van der Waals surface area contributed by atoms with Gasteiger partial charge in [0.25, 0.3) is 0 Å². The topological polar surface area (TPSA) is 41.8 Å². The van der Waals surface area contributed by atoms with Gasteiger partial charge in [-0.2, -0.15) is 0 Å². The number of aromatic amines is 1. The number of fused-ring (bicyclic) bond motifs is 1. The lowest BCUT2D eigenvalue weighted by Gasteiger charge is -1.92. The molecule has 0 amide bonds. The lowest BCUT2D eigenvalue weighted by atomic mass is 10.1. The second-order valence-electron chi connectivity index (χ2n) is 2.79.